The van der Waals surface area contributed by atoms with Gasteiger partial charge in [0.05, 0.1) is 0 Å². The zero-order valence-electron chi connectivity index (χ0n) is 17.7. The van der Waals surface area contributed by atoms with Crippen LogP contribution in [0.15, 0.2) is 29.0 Å². The molecule has 0 aliphatic carbocycles. The minimum absolute atomic E-state index is 0.0765. The first kappa shape index (κ1) is 24.2. The van der Waals surface area contributed by atoms with Gasteiger partial charge in [-0.2, -0.15) is 0 Å². The van der Waals surface area contributed by atoms with E-state index >= 15 is 0 Å². The molecular formula is C19H30N10S2. The predicted molar refractivity (Wildman–Crippen MR) is 130 cm³/mol. The van der Waals surface area contributed by atoms with Crippen LogP contribution in [-0.4, -0.2) is 55.9 Å². The molecule has 0 saturated heterocycles. The van der Waals surface area contributed by atoms with Crippen LogP contribution in [0.1, 0.15) is 15.3 Å². The maximum Gasteiger partial charge on any atom is 0.197 e. The molecule has 0 atom stereocenters. The fourth-order valence-corrected chi connectivity index (χ4v) is 4.08. The van der Waals surface area contributed by atoms with E-state index in [4.69, 9.17) is 21.6 Å². The predicted octanol–water partition coefficient (Wildman–Crippen LogP) is 1.34. The zero-order chi connectivity index (χ0) is 22.6. The second-order valence-corrected chi connectivity index (χ2v) is 8.70. The topological polar surface area (TPSA) is 159 Å². The molecule has 0 spiro atoms. The Labute approximate surface area is 190 Å². The number of thiophene rings is 2. The third-order valence-electron chi connectivity index (χ3n) is 4.25. The lowest BCUT2D eigenvalue weighted by Crippen LogP contribution is -2.46. The van der Waals surface area contributed by atoms with Gasteiger partial charge in [0.1, 0.15) is 0 Å². The van der Waals surface area contributed by atoms with Crippen LogP contribution in [0.5, 0.6) is 0 Å². The van der Waals surface area contributed by atoms with Crippen LogP contribution in [0.2, 0.25) is 0 Å². The quantitative estimate of drug-likeness (QED) is 0.213. The highest BCUT2D eigenvalue weighted by Gasteiger charge is 2.08. The zero-order valence-corrected chi connectivity index (χ0v) is 19.3. The van der Waals surface area contributed by atoms with Crippen LogP contribution in [-0.2, 0) is 19.4 Å². The van der Waals surface area contributed by atoms with E-state index < -0.39 is 0 Å². The fraction of sp³-hybridized carbons (Fsp3) is 0.368. The Kier molecular flexibility index (Phi) is 9.78. The molecule has 0 radical (unpaired) electrons. The molecule has 31 heavy (non-hydrogen) atoms. The third kappa shape index (κ3) is 9.05. The van der Waals surface area contributed by atoms with Crippen molar-refractivity contribution in [3.05, 3.63) is 44.3 Å². The van der Waals surface area contributed by atoms with Crippen LogP contribution in [0.25, 0.3) is 0 Å². The maximum absolute atomic E-state index is 7.95. The summed E-state index contributed by atoms with van der Waals surface area (Å²) in [5.74, 6) is 0.435. The van der Waals surface area contributed by atoms with Crippen molar-refractivity contribution in [1.82, 2.24) is 31.5 Å². The largest absolute Gasteiger partial charge is 0.359 e. The standard InChI is InChI=1S/C19H30N10S2/c1-24-16(20)28-19(23)29(2)8-6-15-10-13(12-31-15)11-26-18(22)27-17(21)25-7-5-14-4-3-9-30-14/h3-4,9-10,12H,5-8,11H2,1-2H3,(H4,20,23,24,28)(H5,21,22,25,26,27). The van der Waals surface area contributed by atoms with E-state index in [0.29, 0.717) is 19.6 Å². The molecule has 2 heterocycles. The number of nitrogens with zero attached hydrogens (tertiary/aromatic N) is 1. The van der Waals surface area contributed by atoms with Crippen molar-refractivity contribution in [3.8, 4) is 0 Å². The molecule has 168 valence electrons. The van der Waals surface area contributed by atoms with Gasteiger partial charge in [-0.05, 0) is 41.3 Å². The molecule has 0 fully saturated rings. The lowest BCUT2D eigenvalue weighted by molar-refractivity contribution is 0.494. The molecule has 2 aromatic rings. The smallest absolute Gasteiger partial charge is 0.197 e. The van der Waals surface area contributed by atoms with Gasteiger partial charge in [0.2, 0.25) is 0 Å². The van der Waals surface area contributed by atoms with E-state index in [-0.39, 0.29) is 23.8 Å². The summed E-state index contributed by atoms with van der Waals surface area (Å²) in [6, 6.07) is 6.16. The van der Waals surface area contributed by atoms with E-state index in [0.717, 1.165) is 18.4 Å². The average molecular weight is 463 g/mol. The van der Waals surface area contributed by atoms with E-state index in [9.17, 15) is 0 Å². The second-order valence-electron chi connectivity index (χ2n) is 6.68. The maximum atomic E-state index is 7.95. The lowest BCUT2D eigenvalue weighted by atomic mass is 10.2. The van der Waals surface area contributed by atoms with Gasteiger partial charge in [0.15, 0.2) is 23.8 Å². The van der Waals surface area contributed by atoms with Crippen molar-refractivity contribution < 1.29 is 0 Å². The van der Waals surface area contributed by atoms with Crippen molar-refractivity contribution in [2.75, 3.05) is 27.2 Å². The van der Waals surface area contributed by atoms with Gasteiger partial charge in [-0.3, -0.25) is 32.3 Å². The molecule has 0 unspecified atom stereocenters. The highest BCUT2D eigenvalue weighted by molar-refractivity contribution is 7.10. The van der Waals surface area contributed by atoms with E-state index in [1.165, 1.54) is 9.75 Å². The summed E-state index contributed by atoms with van der Waals surface area (Å²) in [7, 11) is 3.44. The molecule has 0 bridgehead atoms. The van der Waals surface area contributed by atoms with Crippen molar-refractivity contribution in [1.29, 1.82) is 21.6 Å². The Morgan fingerprint density at radius 1 is 0.968 bits per heavy atom. The number of hydrogen-bond donors (Lipinski definition) is 9. The number of hydrogen-bond acceptors (Lipinski definition) is 6. The van der Waals surface area contributed by atoms with Crippen LogP contribution in [0.4, 0.5) is 0 Å². The molecule has 2 aromatic heterocycles. The lowest BCUT2D eigenvalue weighted by Gasteiger charge is -2.20. The summed E-state index contributed by atoms with van der Waals surface area (Å²) in [4.78, 5) is 4.20. The van der Waals surface area contributed by atoms with Crippen LogP contribution in [0.3, 0.4) is 0 Å². The summed E-state index contributed by atoms with van der Waals surface area (Å²) in [6.07, 6.45) is 1.63. The van der Waals surface area contributed by atoms with E-state index in [1.54, 1.807) is 34.6 Å². The van der Waals surface area contributed by atoms with Crippen molar-refractivity contribution in [2.24, 2.45) is 0 Å². The van der Waals surface area contributed by atoms with Crippen LogP contribution >= 0.6 is 22.7 Å². The van der Waals surface area contributed by atoms with Gasteiger partial charge in [-0.25, -0.2) is 0 Å². The third-order valence-corrected chi connectivity index (χ3v) is 6.23. The minimum atomic E-state index is 0.0765. The Balaban J connectivity index is 1.64. The summed E-state index contributed by atoms with van der Waals surface area (Å²) in [6.45, 7) is 1.80. The van der Waals surface area contributed by atoms with Crippen LogP contribution < -0.4 is 26.6 Å². The Hall–Kier alpha value is -3.12. The highest BCUT2D eigenvalue weighted by Crippen LogP contribution is 2.15. The van der Waals surface area contributed by atoms with Gasteiger partial charge < -0.3 is 20.9 Å². The van der Waals surface area contributed by atoms with Gasteiger partial charge in [-0.1, -0.05) is 6.07 Å². The minimum Gasteiger partial charge on any atom is -0.359 e. The first-order valence-corrected chi connectivity index (χ1v) is 11.5. The second kappa shape index (κ2) is 12.5. The Morgan fingerprint density at radius 3 is 2.45 bits per heavy atom. The van der Waals surface area contributed by atoms with Crippen molar-refractivity contribution >= 4 is 46.5 Å². The molecule has 2 rings (SSSR count). The van der Waals surface area contributed by atoms with Crippen LogP contribution in [0, 0.1) is 21.6 Å². The monoisotopic (exact) mass is 462 g/mol. The molecule has 12 heteroatoms. The number of rotatable bonds is 8. The Bertz CT molecular complexity index is 874. The summed E-state index contributed by atoms with van der Waals surface area (Å²) in [5, 5.41) is 49.3. The van der Waals surface area contributed by atoms with E-state index in [1.807, 2.05) is 23.9 Å². The molecule has 10 nitrogen and oxygen atoms in total. The fourth-order valence-electron chi connectivity index (χ4n) is 2.49. The Morgan fingerprint density at radius 2 is 1.74 bits per heavy atom. The first-order chi connectivity index (χ1) is 14.9. The number of guanidine groups is 4. The molecule has 0 saturated carbocycles. The van der Waals surface area contributed by atoms with Crippen molar-refractivity contribution in [2.45, 2.75) is 19.4 Å². The molecule has 9 N–H and O–H groups in total. The van der Waals surface area contributed by atoms with Gasteiger partial charge in [0.25, 0.3) is 0 Å². The SMILES string of the molecule is CNC(=N)NC(=N)N(C)CCc1cc(CNC(=N)NC(=N)NCCc2cccs2)cs1. The summed E-state index contributed by atoms with van der Waals surface area (Å²) in [5.41, 5.74) is 1.07. The molecule has 0 aliphatic heterocycles. The molecular weight excluding hydrogens is 432 g/mol. The van der Waals surface area contributed by atoms with Gasteiger partial charge in [-0.15, -0.1) is 22.7 Å². The van der Waals surface area contributed by atoms with Gasteiger partial charge in [0, 0.05) is 43.5 Å². The van der Waals surface area contributed by atoms with E-state index in [2.05, 4.69) is 38.7 Å². The summed E-state index contributed by atoms with van der Waals surface area (Å²) < 4.78 is 0. The normalized spacial score (nSPS) is 10.1. The van der Waals surface area contributed by atoms with Crippen molar-refractivity contribution in [3.63, 3.8) is 0 Å². The van der Waals surface area contributed by atoms with Gasteiger partial charge >= 0.3 is 0 Å². The summed E-state index contributed by atoms with van der Waals surface area (Å²) >= 11 is 3.33. The molecule has 0 aromatic carbocycles. The highest BCUT2D eigenvalue weighted by atomic mass is 32.1. The number of nitrogens with one attached hydrogen (secondary N) is 9. The average Bonchev–Trinajstić information content (AvgIpc) is 3.42. The first-order valence-electron chi connectivity index (χ1n) is 9.71. The molecule has 0 aliphatic rings. The molecule has 0 amide bonds. The number of likely N-dealkylation sites (N-methyl/N-ethyl adjacent to an activating group) is 1.